The van der Waals surface area contributed by atoms with Crippen LogP contribution in [0.4, 0.5) is 0 Å². The van der Waals surface area contributed by atoms with Crippen LogP contribution in [0.5, 0.6) is 5.75 Å². The highest BCUT2D eigenvalue weighted by Crippen LogP contribution is 2.48. The summed E-state index contributed by atoms with van der Waals surface area (Å²) in [6.07, 6.45) is 0. The van der Waals surface area contributed by atoms with E-state index in [9.17, 15) is 9.59 Å². The van der Waals surface area contributed by atoms with Gasteiger partial charge in [0.05, 0.1) is 16.7 Å². The van der Waals surface area contributed by atoms with Gasteiger partial charge in [-0.3, -0.25) is 4.79 Å². The second-order valence-electron chi connectivity index (χ2n) is 5.08. The molecular weight excluding hydrogens is 292 g/mol. The van der Waals surface area contributed by atoms with E-state index < -0.39 is 17.5 Å². The summed E-state index contributed by atoms with van der Waals surface area (Å²) in [5, 5.41) is 0.473. The van der Waals surface area contributed by atoms with Crippen molar-refractivity contribution in [1.29, 1.82) is 0 Å². The summed E-state index contributed by atoms with van der Waals surface area (Å²) in [5.74, 6) is -2.29. The molecule has 1 atom stereocenters. The lowest BCUT2D eigenvalue weighted by Gasteiger charge is -2.20. The lowest BCUT2D eigenvalue weighted by molar-refractivity contribution is -0.0978. The van der Waals surface area contributed by atoms with Gasteiger partial charge in [0.15, 0.2) is 0 Å². The third kappa shape index (κ3) is 1.45. The number of aryl methyl sites for hydroxylation is 1. The summed E-state index contributed by atoms with van der Waals surface area (Å²) in [6.45, 7) is 1.82. The highest BCUT2D eigenvalue weighted by molar-refractivity contribution is 6.32. The standard InChI is InChI=1S/C16H9ClO4/c1-8-6-13-10(7-12(8)17)14(18)16(20-13)11-5-3-2-4-9(11)15(19)21-16/h2-7H,1H3. The first-order chi connectivity index (χ1) is 10.0. The molecule has 2 heterocycles. The number of esters is 1. The molecule has 21 heavy (non-hydrogen) atoms. The zero-order valence-corrected chi connectivity index (χ0v) is 11.7. The molecule has 0 bridgehead atoms. The van der Waals surface area contributed by atoms with Crippen LogP contribution in [0, 0.1) is 6.92 Å². The molecule has 1 unspecified atom stereocenters. The van der Waals surface area contributed by atoms with Crippen LogP contribution >= 0.6 is 11.6 Å². The number of Topliss-reactive ketones (excluding diaryl/α,β-unsaturated/α-hetero) is 1. The molecule has 2 aliphatic rings. The number of ether oxygens (including phenoxy) is 2. The van der Waals surface area contributed by atoms with Crippen LogP contribution in [0.15, 0.2) is 36.4 Å². The van der Waals surface area contributed by atoms with Gasteiger partial charge in [0.1, 0.15) is 5.75 Å². The second kappa shape index (κ2) is 3.86. The molecular formula is C16H9ClO4. The third-order valence-corrected chi connectivity index (χ3v) is 4.20. The van der Waals surface area contributed by atoms with Gasteiger partial charge in [-0.15, -0.1) is 0 Å². The van der Waals surface area contributed by atoms with Crippen LogP contribution in [0.25, 0.3) is 0 Å². The van der Waals surface area contributed by atoms with E-state index in [1.807, 2.05) is 6.92 Å². The van der Waals surface area contributed by atoms with Gasteiger partial charge in [-0.2, -0.15) is 0 Å². The molecule has 0 aliphatic carbocycles. The third-order valence-electron chi connectivity index (χ3n) is 3.80. The Balaban J connectivity index is 1.94. The number of rotatable bonds is 0. The van der Waals surface area contributed by atoms with Crippen molar-refractivity contribution >= 4 is 23.4 Å². The monoisotopic (exact) mass is 300 g/mol. The minimum absolute atomic E-state index is 0.329. The molecule has 2 aromatic rings. The predicted molar refractivity (Wildman–Crippen MR) is 74.7 cm³/mol. The van der Waals surface area contributed by atoms with Crippen LogP contribution in [0.3, 0.4) is 0 Å². The molecule has 1 spiro atoms. The molecule has 0 N–H and O–H groups in total. The number of hydrogen-bond donors (Lipinski definition) is 0. The van der Waals surface area contributed by atoms with Gasteiger partial charge in [0.2, 0.25) is 0 Å². The van der Waals surface area contributed by atoms with Crippen molar-refractivity contribution in [3.05, 3.63) is 63.7 Å². The number of carbonyl (C=O) groups excluding carboxylic acids is 2. The van der Waals surface area contributed by atoms with Gasteiger partial charge in [-0.05, 0) is 36.8 Å². The SMILES string of the molecule is Cc1cc2c(cc1Cl)C(=O)C1(OC(=O)c3ccccc31)O2. The fourth-order valence-electron chi connectivity index (χ4n) is 2.73. The van der Waals surface area contributed by atoms with Gasteiger partial charge >= 0.3 is 11.8 Å². The largest absolute Gasteiger partial charge is 0.441 e. The van der Waals surface area contributed by atoms with E-state index in [0.717, 1.165) is 5.56 Å². The first kappa shape index (κ1) is 12.4. The maximum absolute atomic E-state index is 12.7. The van der Waals surface area contributed by atoms with Crippen molar-refractivity contribution in [2.24, 2.45) is 0 Å². The molecule has 0 radical (unpaired) electrons. The minimum Gasteiger partial charge on any atom is -0.441 e. The molecule has 0 amide bonds. The van der Waals surface area contributed by atoms with Gasteiger partial charge < -0.3 is 9.47 Å². The number of hydrogen-bond acceptors (Lipinski definition) is 4. The number of halogens is 1. The van der Waals surface area contributed by atoms with Crippen LogP contribution in [-0.2, 0) is 10.5 Å². The summed E-state index contributed by atoms with van der Waals surface area (Å²) in [5.41, 5.74) is 1.90. The first-order valence-corrected chi connectivity index (χ1v) is 6.77. The topological polar surface area (TPSA) is 52.6 Å². The Bertz CT molecular complexity index is 827. The van der Waals surface area contributed by atoms with Crippen molar-refractivity contribution in [3.63, 3.8) is 0 Å². The number of benzene rings is 2. The Hall–Kier alpha value is -2.33. The van der Waals surface area contributed by atoms with E-state index in [-0.39, 0.29) is 0 Å². The Labute approximate surface area is 125 Å². The molecule has 2 aromatic carbocycles. The van der Waals surface area contributed by atoms with E-state index in [1.54, 1.807) is 36.4 Å². The van der Waals surface area contributed by atoms with Crippen molar-refractivity contribution in [3.8, 4) is 5.75 Å². The average Bonchev–Trinajstić information content (AvgIpc) is 2.90. The molecule has 2 aliphatic heterocycles. The van der Waals surface area contributed by atoms with Crippen LogP contribution < -0.4 is 4.74 Å². The summed E-state index contributed by atoms with van der Waals surface area (Å²) < 4.78 is 11.1. The van der Waals surface area contributed by atoms with E-state index in [0.29, 0.717) is 27.5 Å². The molecule has 0 fully saturated rings. The van der Waals surface area contributed by atoms with Crippen LogP contribution in [0.1, 0.15) is 31.8 Å². The van der Waals surface area contributed by atoms with Gasteiger partial charge in [-0.1, -0.05) is 23.7 Å². The summed E-state index contributed by atoms with van der Waals surface area (Å²) in [7, 11) is 0. The summed E-state index contributed by atoms with van der Waals surface area (Å²) in [4.78, 5) is 24.7. The number of carbonyl (C=O) groups is 2. The maximum atomic E-state index is 12.7. The van der Waals surface area contributed by atoms with Crippen molar-refractivity contribution in [2.45, 2.75) is 12.7 Å². The Kier molecular flexibility index (Phi) is 2.28. The second-order valence-corrected chi connectivity index (χ2v) is 5.49. The van der Waals surface area contributed by atoms with Gasteiger partial charge in [0, 0.05) is 5.02 Å². The van der Waals surface area contributed by atoms with Gasteiger partial charge in [0.25, 0.3) is 5.78 Å². The van der Waals surface area contributed by atoms with E-state index >= 15 is 0 Å². The van der Waals surface area contributed by atoms with Crippen molar-refractivity contribution in [2.75, 3.05) is 0 Å². The molecule has 104 valence electrons. The minimum atomic E-state index is -1.70. The van der Waals surface area contributed by atoms with Crippen molar-refractivity contribution in [1.82, 2.24) is 0 Å². The smallest absolute Gasteiger partial charge is 0.347 e. The molecule has 4 rings (SSSR count). The molecule has 0 aromatic heterocycles. The van der Waals surface area contributed by atoms with E-state index in [4.69, 9.17) is 21.1 Å². The maximum Gasteiger partial charge on any atom is 0.347 e. The number of ketones is 1. The molecule has 0 saturated heterocycles. The summed E-state index contributed by atoms with van der Waals surface area (Å²) in [6, 6.07) is 9.97. The number of fused-ring (bicyclic) bond motifs is 3. The molecule has 4 nitrogen and oxygen atoms in total. The predicted octanol–water partition coefficient (Wildman–Crippen LogP) is 3.25. The van der Waals surface area contributed by atoms with Crippen LogP contribution in [-0.4, -0.2) is 11.8 Å². The van der Waals surface area contributed by atoms with E-state index in [1.165, 1.54) is 0 Å². The lowest BCUT2D eigenvalue weighted by atomic mass is 9.96. The zero-order chi connectivity index (χ0) is 14.8. The van der Waals surface area contributed by atoms with E-state index in [2.05, 4.69) is 0 Å². The van der Waals surface area contributed by atoms with Crippen molar-refractivity contribution < 1.29 is 19.1 Å². The zero-order valence-electron chi connectivity index (χ0n) is 11.0. The Morgan fingerprint density at radius 3 is 2.62 bits per heavy atom. The normalized spacial score (nSPS) is 22.0. The molecule has 0 saturated carbocycles. The Morgan fingerprint density at radius 1 is 1.05 bits per heavy atom. The quantitative estimate of drug-likeness (QED) is 0.701. The first-order valence-electron chi connectivity index (χ1n) is 6.40. The highest BCUT2D eigenvalue weighted by Gasteiger charge is 2.59. The highest BCUT2D eigenvalue weighted by atomic mass is 35.5. The lowest BCUT2D eigenvalue weighted by Crippen LogP contribution is -2.37. The Morgan fingerprint density at radius 2 is 1.81 bits per heavy atom. The van der Waals surface area contributed by atoms with Crippen LogP contribution in [0.2, 0.25) is 5.02 Å². The fourth-order valence-corrected chi connectivity index (χ4v) is 2.89. The fraction of sp³-hybridized carbons (Fsp3) is 0.125. The molecule has 5 heteroatoms. The average molecular weight is 301 g/mol. The summed E-state index contributed by atoms with van der Waals surface area (Å²) >= 11 is 6.07. The van der Waals surface area contributed by atoms with Gasteiger partial charge in [-0.25, -0.2) is 4.79 Å².